The first-order valence-electron chi connectivity index (χ1n) is 11.6. The van der Waals surface area contributed by atoms with E-state index in [0.29, 0.717) is 34.9 Å². The molecule has 0 atom stereocenters. The van der Waals surface area contributed by atoms with Crippen LogP contribution >= 0.6 is 11.8 Å². The highest BCUT2D eigenvalue weighted by atomic mass is 32.2. The third-order valence-electron chi connectivity index (χ3n) is 4.95. The van der Waals surface area contributed by atoms with Crippen LogP contribution in [0.15, 0.2) is 102 Å². The fourth-order valence-electron chi connectivity index (χ4n) is 3.22. The van der Waals surface area contributed by atoms with Crippen LogP contribution in [-0.4, -0.2) is 37.3 Å². The maximum Gasteiger partial charge on any atom is 0.330 e. The van der Waals surface area contributed by atoms with Crippen LogP contribution < -0.4 is 15.4 Å². The normalized spacial score (nSPS) is 11.1. The fraction of sp³-hybridized carbons (Fsp3) is 0.138. The number of rotatable bonds is 11. The topological polar surface area (TPSA) is 93.7 Å². The van der Waals surface area contributed by atoms with Crippen LogP contribution in [-0.2, 0) is 14.3 Å². The van der Waals surface area contributed by atoms with E-state index in [2.05, 4.69) is 10.6 Å². The van der Waals surface area contributed by atoms with Gasteiger partial charge in [-0.1, -0.05) is 48.5 Å². The Bertz CT molecular complexity index is 1290. The molecule has 3 aromatic carbocycles. The molecule has 190 valence electrons. The molecule has 0 heterocycles. The van der Waals surface area contributed by atoms with Gasteiger partial charge in [-0.25, -0.2) is 4.79 Å². The number of amides is 2. The van der Waals surface area contributed by atoms with Crippen LogP contribution in [0.3, 0.4) is 0 Å². The zero-order valence-electron chi connectivity index (χ0n) is 20.6. The van der Waals surface area contributed by atoms with Gasteiger partial charge in [-0.3, -0.25) is 9.59 Å². The minimum Gasteiger partial charge on any atom is -0.496 e. The summed E-state index contributed by atoms with van der Waals surface area (Å²) in [6, 6.07) is 23.2. The number of hydrogen-bond donors (Lipinski definition) is 2. The summed E-state index contributed by atoms with van der Waals surface area (Å²) >= 11 is 1.50. The smallest absolute Gasteiger partial charge is 0.330 e. The summed E-state index contributed by atoms with van der Waals surface area (Å²) in [5, 5.41) is 5.58. The molecule has 0 aliphatic carbocycles. The highest BCUT2D eigenvalue weighted by molar-refractivity contribution is 7.99. The van der Waals surface area contributed by atoms with Gasteiger partial charge in [0.25, 0.3) is 11.8 Å². The van der Waals surface area contributed by atoms with Crippen molar-refractivity contribution >= 4 is 41.3 Å². The number of carbonyl (C=O) groups is 3. The number of carbonyl (C=O) groups excluding carboxylic acids is 3. The molecule has 0 spiro atoms. The Morgan fingerprint density at radius 3 is 2.46 bits per heavy atom. The van der Waals surface area contributed by atoms with Crippen LogP contribution in [0.1, 0.15) is 22.8 Å². The van der Waals surface area contributed by atoms with E-state index in [1.807, 2.05) is 36.4 Å². The second-order valence-corrected chi connectivity index (χ2v) is 8.66. The van der Waals surface area contributed by atoms with Gasteiger partial charge in [-0.2, -0.15) is 0 Å². The largest absolute Gasteiger partial charge is 0.496 e. The average molecular weight is 517 g/mol. The van der Waals surface area contributed by atoms with E-state index in [-0.39, 0.29) is 11.7 Å². The number of ether oxygens (including phenoxy) is 2. The van der Waals surface area contributed by atoms with Crippen LogP contribution in [0.25, 0.3) is 6.08 Å². The van der Waals surface area contributed by atoms with Crippen molar-refractivity contribution in [2.75, 3.05) is 24.8 Å². The van der Waals surface area contributed by atoms with Gasteiger partial charge in [-0.15, -0.1) is 11.8 Å². The molecular formula is C29H28N2O5S. The molecule has 2 amide bonds. The minimum atomic E-state index is -0.487. The second kappa shape index (κ2) is 14.3. The van der Waals surface area contributed by atoms with Crippen molar-refractivity contribution in [3.63, 3.8) is 0 Å². The molecule has 8 heteroatoms. The molecule has 37 heavy (non-hydrogen) atoms. The highest BCUT2D eigenvalue weighted by Gasteiger charge is 2.16. The Hall–Kier alpha value is -4.30. The predicted octanol–water partition coefficient (Wildman–Crippen LogP) is 5.32. The van der Waals surface area contributed by atoms with E-state index in [0.717, 1.165) is 4.90 Å². The molecule has 0 aliphatic heterocycles. The molecular weight excluding hydrogens is 488 g/mol. The molecule has 3 aromatic rings. The van der Waals surface area contributed by atoms with Crippen LogP contribution in [0, 0.1) is 0 Å². The predicted molar refractivity (Wildman–Crippen MR) is 146 cm³/mol. The Balaban J connectivity index is 1.77. The molecule has 0 fully saturated rings. The third-order valence-corrected chi connectivity index (χ3v) is 5.89. The maximum atomic E-state index is 13.3. The summed E-state index contributed by atoms with van der Waals surface area (Å²) in [5.74, 6) is -0.149. The van der Waals surface area contributed by atoms with Gasteiger partial charge in [0.1, 0.15) is 11.4 Å². The van der Waals surface area contributed by atoms with Crippen LogP contribution in [0.2, 0.25) is 0 Å². The number of thioether (sulfide) groups is 1. The molecule has 0 aliphatic rings. The lowest BCUT2D eigenvalue weighted by Crippen LogP contribution is -2.30. The number of esters is 1. The van der Waals surface area contributed by atoms with Crippen LogP contribution in [0.4, 0.5) is 5.69 Å². The summed E-state index contributed by atoms with van der Waals surface area (Å²) in [7, 11) is 1.54. The Morgan fingerprint density at radius 1 is 0.946 bits per heavy atom. The van der Waals surface area contributed by atoms with Crippen molar-refractivity contribution < 1.29 is 23.9 Å². The molecule has 7 nitrogen and oxygen atoms in total. The molecule has 3 rings (SSSR count). The molecule has 2 N–H and O–H groups in total. The van der Waals surface area contributed by atoms with Crippen molar-refractivity contribution in [2.45, 2.75) is 11.8 Å². The fourth-order valence-corrected chi connectivity index (χ4v) is 3.99. The van der Waals surface area contributed by atoms with Gasteiger partial charge in [0, 0.05) is 33.5 Å². The quantitative estimate of drug-likeness (QED) is 0.204. The minimum absolute atomic E-state index is 0.0637. The Morgan fingerprint density at radius 2 is 1.70 bits per heavy atom. The number of methoxy groups -OCH3 is 1. The molecule has 0 radical (unpaired) electrons. The number of anilines is 1. The highest BCUT2D eigenvalue weighted by Crippen LogP contribution is 2.23. The second-order valence-electron chi connectivity index (χ2n) is 7.57. The van der Waals surface area contributed by atoms with E-state index >= 15 is 0 Å². The van der Waals surface area contributed by atoms with Gasteiger partial charge in [0.2, 0.25) is 0 Å². The van der Waals surface area contributed by atoms with E-state index in [4.69, 9.17) is 9.47 Å². The van der Waals surface area contributed by atoms with Crippen molar-refractivity contribution in [1.82, 2.24) is 5.32 Å². The maximum absolute atomic E-state index is 13.3. The van der Waals surface area contributed by atoms with Crippen molar-refractivity contribution in [1.29, 1.82) is 0 Å². The molecule has 0 saturated heterocycles. The summed E-state index contributed by atoms with van der Waals surface area (Å²) < 4.78 is 10.3. The lowest BCUT2D eigenvalue weighted by Gasteiger charge is -2.13. The van der Waals surface area contributed by atoms with E-state index in [1.54, 1.807) is 68.7 Å². The number of hydrogen-bond acceptors (Lipinski definition) is 6. The first kappa shape index (κ1) is 27.3. The van der Waals surface area contributed by atoms with E-state index in [1.165, 1.54) is 17.8 Å². The van der Waals surface area contributed by atoms with Gasteiger partial charge in [0.05, 0.1) is 13.7 Å². The zero-order valence-corrected chi connectivity index (χ0v) is 21.4. The molecule has 0 unspecified atom stereocenters. The Labute approximate surface area is 220 Å². The SMILES string of the molecule is CCOC(=O)/C=C/CSc1cccc(NC(=O)/C(=C\c2ccccc2OC)NC(=O)c2ccccc2)c1. The van der Waals surface area contributed by atoms with Crippen molar-refractivity contribution in [3.05, 3.63) is 108 Å². The van der Waals surface area contributed by atoms with Crippen molar-refractivity contribution in [3.8, 4) is 5.75 Å². The summed E-state index contributed by atoms with van der Waals surface area (Å²) in [6.07, 6.45) is 4.70. The third kappa shape index (κ3) is 8.70. The lowest BCUT2D eigenvalue weighted by atomic mass is 10.1. The van der Waals surface area contributed by atoms with E-state index < -0.39 is 11.8 Å². The first-order valence-corrected chi connectivity index (χ1v) is 12.6. The molecule has 0 bridgehead atoms. The Kier molecular flexibility index (Phi) is 10.6. The van der Waals surface area contributed by atoms with Crippen LogP contribution in [0.5, 0.6) is 5.75 Å². The number of benzene rings is 3. The van der Waals surface area contributed by atoms with E-state index in [9.17, 15) is 14.4 Å². The average Bonchev–Trinajstić information content (AvgIpc) is 2.92. The molecule has 0 saturated carbocycles. The lowest BCUT2D eigenvalue weighted by molar-refractivity contribution is -0.137. The van der Waals surface area contributed by atoms with Gasteiger partial charge < -0.3 is 20.1 Å². The van der Waals surface area contributed by atoms with Gasteiger partial charge in [-0.05, 0) is 49.4 Å². The summed E-state index contributed by atoms with van der Waals surface area (Å²) in [5.41, 5.74) is 1.69. The number of para-hydroxylation sites is 1. The summed E-state index contributed by atoms with van der Waals surface area (Å²) in [4.78, 5) is 38.4. The van der Waals surface area contributed by atoms with Gasteiger partial charge >= 0.3 is 5.97 Å². The summed E-state index contributed by atoms with van der Waals surface area (Å²) in [6.45, 7) is 2.08. The standard InChI is InChI=1S/C29H28N2O5S/c1-3-36-27(32)17-10-18-37-24-15-9-14-23(20-24)30-29(34)25(19-22-13-7-8-16-26(22)35-2)31-28(33)21-11-5-4-6-12-21/h4-17,19-20H,3,18H2,1-2H3,(H,30,34)(H,31,33)/b17-10+,25-19+. The van der Waals surface area contributed by atoms with Gasteiger partial charge in [0.15, 0.2) is 0 Å². The molecule has 0 aromatic heterocycles. The monoisotopic (exact) mass is 516 g/mol. The first-order chi connectivity index (χ1) is 18.0. The zero-order chi connectivity index (χ0) is 26.5. The number of nitrogens with one attached hydrogen (secondary N) is 2. The van der Waals surface area contributed by atoms with Crippen molar-refractivity contribution in [2.24, 2.45) is 0 Å².